The van der Waals surface area contributed by atoms with Crippen LogP contribution in [0.5, 0.6) is 0 Å². The van der Waals surface area contributed by atoms with Gasteiger partial charge < -0.3 is 14.6 Å². The van der Waals surface area contributed by atoms with Crippen LogP contribution in [0.15, 0.2) is 42.0 Å². The van der Waals surface area contributed by atoms with E-state index in [1.54, 1.807) is 0 Å². The number of unbranched alkanes of at least 4 members (excludes halogenated alkanes) is 9. The van der Waals surface area contributed by atoms with E-state index in [1.165, 1.54) is 51.0 Å². The minimum absolute atomic E-state index is 0.160. The van der Waals surface area contributed by atoms with Gasteiger partial charge in [0.25, 0.3) is 0 Å². The van der Waals surface area contributed by atoms with Crippen molar-refractivity contribution in [1.29, 1.82) is 0 Å². The number of aliphatic hydroxyl groups is 1. The quantitative estimate of drug-likeness (QED) is 0.312. The molecule has 0 amide bonds. The summed E-state index contributed by atoms with van der Waals surface area (Å²) in [4.78, 5) is 23.9. The summed E-state index contributed by atoms with van der Waals surface area (Å²) in [5.74, 6) is -0.963. The number of benzene rings is 1. The molecule has 1 aromatic carbocycles. The van der Waals surface area contributed by atoms with E-state index in [0.717, 1.165) is 24.8 Å². The van der Waals surface area contributed by atoms with Crippen LogP contribution in [-0.4, -0.2) is 29.4 Å². The predicted molar refractivity (Wildman–Crippen MR) is 117 cm³/mol. The third kappa shape index (κ3) is 9.12. The van der Waals surface area contributed by atoms with E-state index in [-0.39, 0.29) is 12.4 Å². The standard InChI is InChI=1S/C25H36O5/c1-2-3-4-5-6-7-8-9-10-14-17-22(21-19-24(27)30-25(21)28)29-23(26)18-20-15-12-11-13-16-20/h11-13,15-16,19,22,25,28H,2-10,14,17-18H2,1H3. The summed E-state index contributed by atoms with van der Waals surface area (Å²) >= 11 is 0. The fourth-order valence-corrected chi connectivity index (χ4v) is 3.75. The molecule has 2 unspecified atom stereocenters. The van der Waals surface area contributed by atoms with Crippen molar-refractivity contribution in [1.82, 2.24) is 0 Å². The number of hydrogen-bond acceptors (Lipinski definition) is 5. The predicted octanol–water partition coefficient (Wildman–Crippen LogP) is 5.25. The first-order valence-corrected chi connectivity index (χ1v) is 11.4. The number of carbonyl (C=O) groups is 2. The lowest BCUT2D eigenvalue weighted by atomic mass is 10.0. The lowest BCUT2D eigenvalue weighted by molar-refractivity contribution is -0.154. The summed E-state index contributed by atoms with van der Waals surface area (Å²) in [5.41, 5.74) is 1.21. The van der Waals surface area contributed by atoms with E-state index < -0.39 is 18.4 Å². The SMILES string of the molecule is CCCCCCCCCCCCC(OC(=O)Cc1ccccc1)C1=CC(=O)OC1O. The van der Waals surface area contributed by atoms with Gasteiger partial charge in [-0.25, -0.2) is 4.79 Å². The summed E-state index contributed by atoms with van der Waals surface area (Å²) in [5, 5.41) is 9.99. The molecule has 5 heteroatoms. The lowest BCUT2D eigenvalue weighted by Crippen LogP contribution is -2.27. The molecule has 1 aromatic rings. The minimum atomic E-state index is -1.32. The Morgan fingerprint density at radius 3 is 2.17 bits per heavy atom. The second-order valence-electron chi connectivity index (χ2n) is 8.05. The number of hydrogen-bond donors (Lipinski definition) is 1. The molecule has 166 valence electrons. The van der Waals surface area contributed by atoms with Gasteiger partial charge in [0.05, 0.1) is 6.42 Å². The number of cyclic esters (lactones) is 1. The summed E-state index contributed by atoms with van der Waals surface area (Å²) in [7, 11) is 0. The fraction of sp³-hybridized carbons (Fsp3) is 0.600. The fourth-order valence-electron chi connectivity index (χ4n) is 3.75. The van der Waals surface area contributed by atoms with E-state index in [1.807, 2.05) is 30.3 Å². The number of aliphatic hydroxyl groups excluding tert-OH is 1. The van der Waals surface area contributed by atoms with Gasteiger partial charge in [0.2, 0.25) is 6.29 Å². The van der Waals surface area contributed by atoms with E-state index in [9.17, 15) is 14.7 Å². The van der Waals surface area contributed by atoms with Gasteiger partial charge in [0, 0.05) is 11.6 Å². The summed E-state index contributed by atoms with van der Waals surface area (Å²) < 4.78 is 10.4. The van der Waals surface area contributed by atoms with Crippen molar-refractivity contribution in [2.24, 2.45) is 0 Å². The maximum Gasteiger partial charge on any atom is 0.333 e. The van der Waals surface area contributed by atoms with Crippen LogP contribution in [0.4, 0.5) is 0 Å². The molecule has 0 aliphatic carbocycles. The highest BCUT2D eigenvalue weighted by Gasteiger charge is 2.32. The number of rotatable bonds is 15. The van der Waals surface area contributed by atoms with E-state index in [2.05, 4.69) is 6.92 Å². The topological polar surface area (TPSA) is 72.8 Å². The third-order valence-corrected chi connectivity index (χ3v) is 5.45. The molecule has 0 saturated carbocycles. The van der Waals surface area contributed by atoms with E-state index in [4.69, 9.17) is 9.47 Å². The molecular formula is C25H36O5. The summed E-state index contributed by atoms with van der Waals surface area (Å²) in [6, 6.07) is 9.38. The number of ether oxygens (including phenoxy) is 2. The van der Waals surface area contributed by atoms with Crippen LogP contribution in [0, 0.1) is 0 Å². The van der Waals surface area contributed by atoms with Crippen LogP contribution in [-0.2, 0) is 25.5 Å². The molecule has 0 aromatic heterocycles. The Morgan fingerprint density at radius 2 is 1.60 bits per heavy atom. The molecule has 0 fully saturated rings. The summed E-state index contributed by atoms with van der Waals surface area (Å²) in [6.07, 6.45) is 12.2. The van der Waals surface area contributed by atoms with Gasteiger partial charge in [-0.2, -0.15) is 0 Å². The van der Waals surface area contributed by atoms with Crippen LogP contribution < -0.4 is 0 Å². The van der Waals surface area contributed by atoms with Gasteiger partial charge in [-0.1, -0.05) is 95.0 Å². The highest BCUT2D eigenvalue weighted by molar-refractivity contribution is 5.86. The van der Waals surface area contributed by atoms with Crippen molar-refractivity contribution >= 4 is 11.9 Å². The number of carbonyl (C=O) groups excluding carboxylic acids is 2. The molecule has 2 rings (SSSR count). The Hall–Kier alpha value is -2.14. The molecule has 1 heterocycles. The Morgan fingerprint density at radius 1 is 1.00 bits per heavy atom. The Labute approximate surface area is 180 Å². The zero-order valence-electron chi connectivity index (χ0n) is 18.2. The van der Waals surface area contributed by atoms with Gasteiger partial charge in [-0.3, -0.25) is 4.79 Å². The van der Waals surface area contributed by atoms with Crippen molar-refractivity contribution in [3.8, 4) is 0 Å². The maximum absolute atomic E-state index is 12.4. The maximum atomic E-state index is 12.4. The highest BCUT2D eigenvalue weighted by atomic mass is 16.6. The Kier molecular flexibility index (Phi) is 11.2. The molecule has 1 aliphatic rings. The average Bonchev–Trinajstić information content (AvgIpc) is 3.07. The lowest BCUT2D eigenvalue weighted by Gasteiger charge is -2.20. The zero-order chi connectivity index (χ0) is 21.6. The van der Waals surface area contributed by atoms with Crippen LogP contribution in [0.3, 0.4) is 0 Å². The first kappa shape index (κ1) is 24.1. The Bertz CT molecular complexity index is 667. The van der Waals surface area contributed by atoms with Crippen LogP contribution >= 0.6 is 0 Å². The number of esters is 2. The minimum Gasteiger partial charge on any atom is -0.457 e. The second kappa shape index (κ2) is 14.0. The van der Waals surface area contributed by atoms with Gasteiger partial charge in [-0.15, -0.1) is 0 Å². The van der Waals surface area contributed by atoms with E-state index >= 15 is 0 Å². The largest absolute Gasteiger partial charge is 0.457 e. The van der Waals surface area contributed by atoms with Crippen molar-refractivity contribution < 1.29 is 24.2 Å². The molecule has 0 spiro atoms. The highest BCUT2D eigenvalue weighted by Crippen LogP contribution is 2.24. The molecule has 0 saturated heterocycles. The normalized spacial score (nSPS) is 16.8. The molecule has 2 atom stereocenters. The molecule has 1 aliphatic heterocycles. The van der Waals surface area contributed by atoms with Crippen LogP contribution in [0.1, 0.15) is 83.1 Å². The molecule has 0 radical (unpaired) electrons. The van der Waals surface area contributed by atoms with Crippen molar-refractivity contribution in [3.05, 3.63) is 47.5 Å². The monoisotopic (exact) mass is 416 g/mol. The van der Waals surface area contributed by atoms with Crippen LogP contribution in [0.25, 0.3) is 0 Å². The smallest absolute Gasteiger partial charge is 0.333 e. The van der Waals surface area contributed by atoms with E-state index in [0.29, 0.717) is 12.0 Å². The van der Waals surface area contributed by atoms with Gasteiger partial charge in [0.15, 0.2) is 0 Å². The molecule has 1 N–H and O–H groups in total. The Balaban J connectivity index is 1.75. The molecular weight excluding hydrogens is 380 g/mol. The van der Waals surface area contributed by atoms with Crippen molar-refractivity contribution in [2.75, 3.05) is 0 Å². The van der Waals surface area contributed by atoms with Crippen molar-refractivity contribution in [3.63, 3.8) is 0 Å². The van der Waals surface area contributed by atoms with Crippen molar-refractivity contribution in [2.45, 2.75) is 96.4 Å². The third-order valence-electron chi connectivity index (χ3n) is 5.45. The first-order valence-electron chi connectivity index (χ1n) is 11.4. The van der Waals surface area contributed by atoms with Gasteiger partial charge in [0.1, 0.15) is 6.10 Å². The first-order chi connectivity index (χ1) is 14.6. The van der Waals surface area contributed by atoms with Gasteiger partial charge in [-0.05, 0) is 18.4 Å². The summed E-state index contributed by atoms with van der Waals surface area (Å²) in [6.45, 7) is 2.23. The molecule has 0 bridgehead atoms. The van der Waals surface area contributed by atoms with Crippen LogP contribution in [0.2, 0.25) is 0 Å². The zero-order valence-corrected chi connectivity index (χ0v) is 18.2. The van der Waals surface area contributed by atoms with Gasteiger partial charge >= 0.3 is 11.9 Å². The molecule has 5 nitrogen and oxygen atoms in total. The molecule has 30 heavy (non-hydrogen) atoms. The average molecular weight is 417 g/mol. The second-order valence-corrected chi connectivity index (χ2v) is 8.05.